The summed E-state index contributed by atoms with van der Waals surface area (Å²) in [7, 11) is 0. The van der Waals surface area contributed by atoms with E-state index in [1.54, 1.807) is 4.57 Å². The Balaban J connectivity index is 1.50. The third kappa shape index (κ3) is 7.69. The molecule has 0 bridgehead atoms. The predicted molar refractivity (Wildman–Crippen MR) is 160 cm³/mol. The van der Waals surface area contributed by atoms with Gasteiger partial charge in [0.25, 0.3) is 0 Å². The Morgan fingerprint density at radius 3 is 2.62 bits per heavy atom. The van der Waals surface area contributed by atoms with Gasteiger partial charge in [-0.15, -0.1) is 0 Å². The Bertz CT molecular complexity index is 1490. The molecule has 0 unspecified atom stereocenters. The van der Waals surface area contributed by atoms with Crippen LogP contribution in [0.5, 0.6) is 0 Å². The van der Waals surface area contributed by atoms with Crippen molar-refractivity contribution < 1.29 is 0 Å². The molecule has 9 nitrogen and oxygen atoms in total. The second kappa shape index (κ2) is 12.9. The highest BCUT2D eigenvalue weighted by molar-refractivity contribution is 6.31. The summed E-state index contributed by atoms with van der Waals surface area (Å²) in [6.45, 7) is 5.49. The number of aromatic amines is 1. The van der Waals surface area contributed by atoms with Crippen LogP contribution in [0.3, 0.4) is 0 Å². The third-order valence-electron chi connectivity index (χ3n) is 6.65. The molecule has 2 aromatic carbocycles. The Labute approximate surface area is 233 Å². The number of hydrogen-bond acceptors (Lipinski definition) is 5. The van der Waals surface area contributed by atoms with E-state index in [0.717, 1.165) is 65.7 Å². The maximum Gasteiger partial charge on any atom is 0.354 e. The fraction of sp³-hybridized carbons (Fsp3) is 0.345. The molecule has 0 fully saturated rings. The molecule has 2 atom stereocenters. The normalized spacial score (nSPS) is 12.9. The Hall–Kier alpha value is -3.66. The zero-order valence-corrected chi connectivity index (χ0v) is 23.2. The number of H-pyrrole nitrogens is 1. The lowest BCUT2D eigenvalue weighted by molar-refractivity contribution is 0.562. The SMILES string of the molecule is C[C@H](N)CCCc1cc(Cl)cc(-c2cc3cn(-c4ccc([C@H](C)NCCCN=C(N)N)cc4)c(=O)nc3[nH]2)c1. The van der Waals surface area contributed by atoms with E-state index in [1.165, 1.54) is 0 Å². The molecule has 10 heteroatoms. The molecule has 8 N–H and O–H groups in total. The Morgan fingerprint density at radius 1 is 1.13 bits per heavy atom. The van der Waals surface area contributed by atoms with E-state index >= 15 is 0 Å². The summed E-state index contributed by atoms with van der Waals surface area (Å²) in [5, 5.41) is 4.97. The van der Waals surface area contributed by atoms with Gasteiger partial charge in [-0.25, -0.2) is 4.79 Å². The number of guanidine groups is 1. The van der Waals surface area contributed by atoms with Crippen molar-refractivity contribution in [1.82, 2.24) is 19.9 Å². The molecule has 0 aliphatic heterocycles. The molecule has 0 spiro atoms. The number of aliphatic imine (C=N–C) groups is 1. The first-order valence-electron chi connectivity index (χ1n) is 13.3. The van der Waals surface area contributed by atoms with Crippen molar-refractivity contribution >= 4 is 28.6 Å². The zero-order chi connectivity index (χ0) is 27.9. The molecule has 0 aliphatic carbocycles. The first-order valence-corrected chi connectivity index (χ1v) is 13.6. The van der Waals surface area contributed by atoms with Crippen molar-refractivity contribution in [2.75, 3.05) is 13.1 Å². The van der Waals surface area contributed by atoms with Crippen LogP contribution in [-0.2, 0) is 6.42 Å². The number of aryl methyl sites for hydroxylation is 1. The highest BCUT2D eigenvalue weighted by atomic mass is 35.5. The van der Waals surface area contributed by atoms with Gasteiger partial charge in [-0.2, -0.15) is 4.98 Å². The molecule has 206 valence electrons. The van der Waals surface area contributed by atoms with Crippen LogP contribution in [0.2, 0.25) is 5.02 Å². The van der Waals surface area contributed by atoms with E-state index in [4.69, 9.17) is 28.8 Å². The fourth-order valence-electron chi connectivity index (χ4n) is 4.56. The molecule has 4 rings (SSSR count). The van der Waals surface area contributed by atoms with Crippen LogP contribution in [-0.4, -0.2) is 39.6 Å². The minimum Gasteiger partial charge on any atom is -0.370 e. The predicted octanol–water partition coefficient (Wildman–Crippen LogP) is 4.02. The van der Waals surface area contributed by atoms with Crippen LogP contribution in [0.25, 0.3) is 28.0 Å². The summed E-state index contributed by atoms with van der Waals surface area (Å²) in [6, 6.07) is 16.2. The van der Waals surface area contributed by atoms with E-state index in [-0.39, 0.29) is 23.7 Å². The minimum absolute atomic E-state index is 0.111. The van der Waals surface area contributed by atoms with Gasteiger partial charge in [-0.1, -0.05) is 23.7 Å². The number of rotatable bonds is 12. The lowest BCUT2D eigenvalue weighted by Gasteiger charge is -2.15. The summed E-state index contributed by atoms with van der Waals surface area (Å²) in [4.78, 5) is 24.5. The highest BCUT2D eigenvalue weighted by Gasteiger charge is 2.11. The van der Waals surface area contributed by atoms with Gasteiger partial charge in [0.1, 0.15) is 5.65 Å². The zero-order valence-electron chi connectivity index (χ0n) is 22.5. The van der Waals surface area contributed by atoms with Gasteiger partial charge >= 0.3 is 5.69 Å². The van der Waals surface area contributed by atoms with Crippen LogP contribution < -0.4 is 28.2 Å². The van der Waals surface area contributed by atoms with Crippen molar-refractivity contribution in [3.8, 4) is 16.9 Å². The summed E-state index contributed by atoms with van der Waals surface area (Å²) >= 11 is 6.43. The topological polar surface area (TPSA) is 153 Å². The van der Waals surface area contributed by atoms with E-state index < -0.39 is 0 Å². The van der Waals surface area contributed by atoms with E-state index in [0.29, 0.717) is 17.2 Å². The molecule has 0 amide bonds. The number of halogens is 1. The maximum absolute atomic E-state index is 12.9. The van der Waals surface area contributed by atoms with Gasteiger partial charge in [-0.3, -0.25) is 9.56 Å². The van der Waals surface area contributed by atoms with E-state index in [1.807, 2.05) is 55.6 Å². The second-order valence-corrected chi connectivity index (χ2v) is 10.5. The molecular weight excluding hydrogens is 512 g/mol. The number of benzene rings is 2. The van der Waals surface area contributed by atoms with Gasteiger partial charge in [-0.05, 0) is 99.2 Å². The quantitative estimate of drug-likeness (QED) is 0.102. The van der Waals surface area contributed by atoms with Crippen LogP contribution in [0.4, 0.5) is 0 Å². The molecular formula is C29H37ClN8O. The van der Waals surface area contributed by atoms with Gasteiger partial charge in [0.15, 0.2) is 5.96 Å². The molecule has 2 aromatic heterocycles. The lowest BCUT2D eigenvalue weighted by Crippen LogP contribution is -2.24. The average molecular weight is 549 g/mol. The summed E-state index contributed by atoms with van der Waals surface area (Å²) in [5.41, 5.74) is 21.6. The average Bonchev–Trinajstić information content (AvgIpc) is 3.30. The Morgan fingerprint density at radius 2 is 1.90 bits per heavy atom. The van der Waals surface area contributed by atoms with Crippen LogP contribution in [0, 0.1) is 0 Å². The number of hydrogen-bond donors (Lipinski definition) is 5. The second-order valence-electron chi connectivity index (χ2n) is 10.0. The molecule has 0 aliphatic rings. The number of nitrogens with two attached hydrogens (primary N) is 3. The largest absolute Gasteiger partial charge is 0.370 e. The molecule has 39 heavy (non-hydrogen) atoms. The van der Waals surface area contributed by atoms with Crippen molar-refractivity contribution in [1.29, 1.82) is 0 Å². The number of nitrogens with one attached hydrogen (secondary N) is 2. The minimum atomic E-state index is -0.350. The van der Waals surface area contributed by atoms with Crippen molar-refractivity contribution in [3.63, 3.8) is 0 Å². The Kier molecular flexibility index (Phi) is 9.40. The van der Waals surface area contributed by atoms with Crippen LogP contribution >= 0.6 is 11.6 Å². The highest BCUT2D eigenvalue weighted by Crippen LogP contribution is 2.28. The lowest BCUT2D eigenvalue weighted by atomic mass is 10.0. The van der Waals surface area contributed by atoms with E-state index in [2.05, 4.69) is 33.3 Å². The van der Waals surface area contributed by atoms with Gasteiger partial charge in [0.2, 0.25) is 0 Å². The van der Waals surface area contributed by atoms with Crippen molar-refractivity contribution in [3.05, 3.63) is 81.4 Å². The molecule has 2 heterocycles. The summed E-state index contributed by atoms with van der Waals surface area (Å²) < 4.78 is 1.56. The number of nitrogens with zero attached hydrogens (tertiary/aromatic N) is 3. The smallest absolute Gasteiger partial charge is 0.354 e. The maximum atomic E-state index is 12.9. The molecule has 0 saturated heterocycles. The van der Waals surface area contributed by atoms with Crippen molar-refractivity contribution in [2.24, 2.45) is 22.2 Å². The number of aromatic nitrogens is 3. The summed E-state index contributed by atoms with van der Waals surface area (Å²) in [5.74, 6) is 0.111. The molecule has 4 aromatic rings. The van der Waals surface area contributed by atoms with Crippen LogP contribution in [0.1, 0.15) is 50.3 Å². The van der Waals surface area contributed by atoms with Gasteiger partial charge in [0.05, 0.1) is 5.69 Å². The summed E-state index contributed by atoms with van der Waals surface area (Å²) in [6.07, 6.45) is 5.52. The first-order chi connectivity index (χ1) is 18.7. The monoisotopic (exact) mass is 548 g/mol. The fourth-order valence-corrected chi connectivity index (χ4v) is 4.82. The molecule has 0 saturated carbocycles. The third-order valence-corrected chi connectivity index (χ3v) is 6.87. The standard InChI is InChI=1S/C29H37ClN8O/c1-18(31)5-3-6-20-13-22(15-24(30)14-20)26-16-23-17-38(29(39)37-27(23)36-26)25-9-7-21(8-10-25)19(2)34-11-4-12-35-28(32)33/h7-10,13-19,34H,3-6,11-12,31H2,1-2H3,(H4,32,33,35)(H,36,37,39)/t18-,19-/m0/s1. The van der Waals surface area contributed by atoms with E-state index in [9.17, 15) is 4.79 Å². The number of fused-ring (bicyclic) bond motifs is 1. The molecule has 0 radical (unpaired) electrons. The van der Waals surface area contributed by atoms with Crippen LogP contribution in [0.15, 0.2) is 64.5 Å². The van der Waals surface area contributed by atoms with Gasteiger partial charge < -0.3 is 27.5 Å². The van der Waals surface area contributed by atoms with Crippen molar-refractivity contribution in [2.45, 2.75) is 51.6 Å². The first kappa shape index (κ1) is 28.4. The van der Waals surface area contributed by atoms with Gasteiger partial charge in [0, 0.05) is 40.9 Å².